The number of hydrogen-bond donors (Lipinski definition) is 2. The maximum absolute atomic E-state index is 12.2. The fourth-order valence-corrected chi connectivity index (χ4v) is 3.77. The molecule has 0 saturated carbocycles. The molecule has 6 nitrogen and oxygen atoms in total. The molecule has 1 aliphatic carbocycles. The van der Waals surface area contributed by atoms with Crippen molar-refractivity contribution in [1.82, 2.24) is 4.90 Å². The molecule has 2 N–H and O–H groups in total. The summed E-state index contributed by atoms with van der Waals surface area (Å²) in [5.41, 5.74) is -0.0582. The van der Waals surface area contributed by atoms with Crippen LogP contribution in [0.25, 0.3) is 0 Å². The van der Waals surface area contributed by atoms with Gasteiger partial charge in [-0.2, -0.15) is 0 Å². The molecule has 2 aliphatic heterocycles. The predicted octanol–water partition coefficient (Wildman–Crippen LogP) is 1.78. The summed E-state index contributed by atoms with van der Waals surface area (Å²) in [6.45, 7) is 6.68. The summed E-state index contributed by atoms with van der Waals surface area (Å²) in [5, 5.41) is 20.1. The summed E-state index contributed by atoms with van der Waals surface area (Å²) >= 11 is 0. The van der Waals surface area contributed by atoms with Crippen molar-refractivity contribution in [2.75, 3.05) is 13.1 Å². The van der Waals surface area contributed by atoms with Gasteiger partial charge in [0, 0.05) is 24.4 Å². The van der Waals surface area contributed by atoms with Crippen LogP contribution < -0.4 is 0 Å². The Morgan fingerprint density at radius 3 is 2.61 bits per heavy atom. The molecule has 0 aromatic heterocycles. The Labute approximate surface area is 136 Å². The van der Waals surface area contributed by atoms with Crippen LogP contribution >= 0.6 is 0 Å². The van der Waals surface area contributed by atoms with Crippen LogP contribution in [-0.4, -0.2) is 52.5 Å². The minimum Gasteiger partial charge on any atom is -0.444 e. The lowest BCUT2D eigenvalue weighted by Gasteiger charge is -2.45. The Kier molecular flexibility index (Phi) is 4.02. The quantitative estimate of drug-likeness (QED) is 0.710. The van der Waals surface area contributed by atoms with Gasteiger partial charge in [0.25, 0.3) is 0 Å². The van der Waals surface area contributed by atoms with Crippen molar-refractivity contribution in [3.05, 3.63) is 23.8 Å². The van der Waals surface area contributed by atoms with Crippen molar-refractivity contribution in [3.63, 3.8) is 0 Å². The van der Waals surface area contributed by atoms with Crippen LogP contribution in [0.1, 0.15) is 33.6 Å². The molecule has 3 rings (SSSR count). The van der Waals surface area contributed by atoms with Gasteiger partial charge < -0.3 is 24.6 Å². The second kappa shape index (κ2) is 5.61. The van der Waals surface area contributed by atoms with Crippen molar-refractivity contribution in [2.45, 2.75) is 51.8 Å². The molecule has 0 bridgehead atoms. The molecule has 1 spiro atoms. The number of carbonyl (C=O) groups excluding carboxylic acids is 1. The SMILES string of the molecule is CC(C)(C)OC(=O)N1CCC2(C=CC=C3C(O)OC(O)C32)CC1. The first-order chi connectivity index (χ1) is 10.7. The number of aliphatic hydroxyl groups is 2. The number of fused-ring (bicyclic) bond motifs is 2. The minimum atomic E-state index is -1.04. The molecule has 2 saturated heterocycles. The zero-order chi connectivity index (χ0) is 16.8. The third-order valence-corrected chi connectivity index (χ3v) is 4.88. The zero-order valence-electron chi connectivity index (χ0n) is 13.9. The van der Waals surface area contributed by atoms with Gasteiger partial charge in [0.1, 0.15) is 5.60 Å². The molecule has 23 heavy (non-hydrogen) atoms. The number of piperidine rings is 1. The lowest BCUT2D eigenvalue weighted by molar-refractivity contribution is -0.174. The van der Waals surface area contributed by atoms with Crippen molar-refractivity contribution < 1.29 is 24.5 Å². The highest BCUT2D eigenvalue weighted by atomic mass is 16.7. The van der Waals surface area contributed by atoms with Crippen LogP contribution in [0.4, 0.5) is 4.79 Å². The number of amides is 1. The summed E-state index contributed by atoms with van der Waals surface area (Å²) in [7, 11) is 0. The van der Waals surface area contributed by atoms with Gasteiger partial charge in [-0.05, 0) is 39.2 Å². The summed E-state index contributed by atoms with van der Waals surface area (Å²) in [6.07, 6.45) is 4.88. The highest BCUT2D eigenvalue weighted by Crippen LogP contribution is 2.51. The topological polar surface area (TPSA) is 79.2 Å². The predicted molar refractivity (Wildman–Crippen MR) is 83.3 cm³/mol. The summed E-state index contributed by atoms with van der Waals surface area (Å²) in [4.78, 5) is 13.9. The summed E-state index contributed by atoms with van der Waals surface area (Å²) in [6, 6.07) is 0. The number of allylic oxidation sites excluding steroid dienone is 3. The fourth-order valence-electron chi connectivity index (χ4n) is 3.77. The third kappa shape index (κ3) is 3.03. The van der Waals surface area contributed by atoms with Crippen molar-refractivity contribution in [1.29, 1.82) is 0 Å². The zero-order valence-corrected chi connectivity index (χ0v) is 13.9. The number of carbonyl (C=O) groups is 1. The number of hydrogen-bond acceptors (Lipinski definition) is 5. The van der Waals surface area contributed by atoms with E-state index in [1.165, 1.54) is 0 Å². The first kappa shape index (κ1) is 16.5. The van der Waals surface area contributed by atoms with Gasteiger partial charge in [0.2, 0.25) is 0 Å². The molecule has 0 aromatic carbocycles. The molecule has 3 atom stereocenters. The molecule has 6 heteroatoms. The molecule has 2 fully saturated rings. The molecule has 1 amide bonds. The van der Waals surface area contributed by atoms with Crippen LogP contribution in [0.5, 0.6) is 0 Å². The van der Waals surface area contributed by atoms with Crippen molar-refractivity contribution in [3.8, 4) is 0 Å². The van der Waals surface area contributed by atoms with Crippen LogP contribution in [0.3, 0.4) is 0 Å². The highest BCUT2D eigenvalue weighted by molar-refractivity contribution is 5.68. The van der Waals surface area contributed by atoms with E-state index in [1.807, 2.05) is 32.9 Å². The van der Waals surface area contributed by atoms with E-state index in [9.17, 15) is 15.0 Å². The molecule has 0 aromatic rings. The molecule has 0 radical (unpaired) electrons. The molecular formula is C17H25NO5. The Hall–Kier alpha value is -1.37. The minimum absolute atomic E-state index is 0.247. The Morgan fingerprint density at radius 1 is 1.35 bits per heavy atom. The van der Waals surface area contributed by atoms with Gasteiger partial charge in [0.05, 0.1) is 0 Å². The summed E-state index contributed by atoms with van der Waals surface area (Å²) in [5.74, 6) is -0.247. The van der Waals surface area contributed by atoms with Gasteiger partial charge in [0.15, 0.2) is 12.6 Å². The third-order valence-electron chi connectivity index (χ3n) is 4.88. The molecule has 3 aliphatic rings. The van der Waals surface area contributed by atoms with E-state index >= 15 is 0 Å². The first-order valence-corrected chi connectivity index (χ1v) is 8.11. The van der Waals surface area contributed by atoms with Gasteiger partial charge in [-0.25, -0.2) is 4.79 Å². The van der Waals surface area contributed by atoms with Crippen LogP contribution in [-0.2, 0) is 9.47 Å². The van der Waals surface area contributed by atoms with E-state index in [2.05, 4.69) is 6.08 Å². The van der Waals surface area contributed by atoms with E-state index in [1.54, 1.807) is 4.90 Å². The van der Waals surface area contributed by atoms with Crippen LogP contribution in [0.2, 0.25) is 0 Å². The van der Waals surface area contributed by atoms with Gasteiger partial charge in [-0.3, -0.25) is 0 Å². The number of nitrogens with zero attached hydrogens (tertiary/aromatic N) is 1. The maximum atomic E-state index is 12.2. The van der Waals surface area contributed by atoms with Gasteiger partial charge in [-0.1, -0.05) is 18.2 Å². The Balaban J connectivity index is 1.70. The second-order valence-electron chi connectivity index (χ2n) is 7.58. The van der Waals surface area contributed by atoms with E-state index in [-0.39, 0.29) is 17.4 Å². The lowest BCUT2D eigenvalue weighted by Crippen LogP contribution is -2.49. The van der Waals surface area contributed by atoms with Crippen molar-refractivity contribution >= 4 is 6.09 Å². The normalized spacial score (nSPS) is 32.7. The fraction of sp³-hybridized carbons (Fsp3) is 0.706. The summed E-state index contributed by atoms with van der Waals surface area (Å²) < 4.78 is 10.6. The Bertz CT molecular complexity index is 540. The molecule has 3 unspecified atom stereocenters. The van der Waals surface area contributed by atoms with E-state index in [4.69, 9.17) is 9.47 Å². The standard InChI is InChI=1S/C17H25NO5/c1-16(2,3)23-15(21)18-9-7-17(8-10-18)6-4-5-11-12(17)14(20)22-13(11)19/h4-6,12-14,19-20H,7-10H2,1-3H3. The highest BCUT2D eigenvalue weighted by Gasteiger charge is 2.52. The maximum Gasteiger partial charge on any atom is 0.410 e. The number of likely N-dealkylation sites (tertiary alicyclic amines) is 1. The van der Waals surface area contributed by atoms with Crippen LogP contribution in [0.15, 0.2) is 23.8 Å². The average Bonchev–Trinajstić information content (AvgIpc) is 2.74. The number of ether oxygens (including phenoxy) is 2. The van der Waals surface area contributed by atoms with Gasteiger partial charge >= 0.3 is 6.09 Å². The number of aliphatic hydroxyl groups excluding tert-OH is 2. The smallest absolute Gasteiger partial charge is 0.410 e. The van der Waals surface area contributed by atoms with E-state index in [0.717, 1.165) is 5.57 Å². The van der Waals surface area contributed by atoms with Crippen molar-refractivity contribution in [2.24, 2.45) is 11.3 Å². The second-order valence-corrected chi connectivity index (χ2v) is 7.58. The van der Waals surface area contributed by atoms with E-state index < -0.39 is 18.2 Å². The average molecular weight is 323 g/mol. The largest absolute Gasteiger partial charge is 0.444 e. The number of rotatable bonds is 0. The lowest BCUT2D eigenvalue weighted by atomic mass is 9.64. The van der Waals surface area contributed by atoms with Gasteiger partial charge in [-0.15, -0.1) is 0 Å². The molecule has 2 heterocycles. The molecule has 128 valence electrons. The van der Waals surface area contributed by atoms with E-state index in [0.29, 0.717) is 25.9 Å². The Morgan fingerprint density at radius 2 is 2.00 bits per heavy atom. The molecular weight excluding hydrogens is 298 g/mol. The van der Waals surface area contributed by atoms with Crippen LogP contribution in [0, 0.1) is 11.3 Å². The first-order valence-electron chi connectivity index (χ1n) is 8.11. The monoisotopic (exact) mass is 323 g/mol.